The first-order valence-electron chi connectivity index (χ1n) is 5.63. The van der Waals surface area contributed by atoms with E-state index in [9.17, 15) is 12.8 Å². The van der Waals surface area contributed by atoms with Crippen molar-refractivity contribution in [2.24, 2.45) is 0 Å². The largest absolute Gasteiger partial charge is 0.399 e. The molecular formula is C11H17FN2O5S. The Morgan fingerprint density at radius 1 is 1.25 bits per heavy atom. The van der Waals surface area contributed by atoms with Crippen LogP contribution >= 0.6 is 0 Å². The van der Waals surface area contributed by atoms with Crippen molar-refractivity contribution >= 4 is 15.7 Å². The van der Waals surface area contributed by atoms with Crippen molar-refractivity contribution in [3.63, 3.8) is 0 Å². The van der Waals surface area contributed by atoms with E-state index in [4.69, 9.17) is 21.1 Å². The van der Waals surface area contributed by atoms with Crippen molar-refractivity contribution in [2.75, 3.05) is 25.6 Å². The van der Waals surface area contributed by atoms with Gasteiger partial charge in [-0.1, -0.05) is 0 Å². The second-order valence-corrected chi connectivity index (χ2v) is 6.16. The van der Waals surface area contributed by atoms with Crippen molar-refractivity contribution in [1.82, 2.24) is 4.72 Å². The van der Waals surface area contributed by atoms with Crippen LogP contribution in [0, 0.1) is 12.7 Å². The highest BCUT2D eigenvalue weighted by Gasteiger charge is 2.35. The van der Waals surface area contributed by atoms with Gasteiger partial charge >= 0.3 is 0 Å². The Balaban J connectivity index is 3.31. The summed E-state index contributed by atoms with van der Waals surface area (Å²) in [6.07, 6.45) is 0. The molecule has 0 aliphatic carbocycles. The van der Waals surface area contributed by atoms with Crippen molar-refractivity contribution in [2.45, 2.75) is 17.4 Å². The van der Waals surface area contributed by atoms with Gasteiger partial charge in [0.2, 0.25) is 10.0 Å². The number of hydrogen-bond donors (Lipinski definition) is 5. The van der Waals surface area contributed by atoms with Gasteiger partial charge in [-0.3, -0.25) is 0 Å². The quantitative estimate of drug-likeness (QED) is 0.415. The predicted octanol–water partition coefficient (Wildman–Crippen LogP) is -1.29. The van der Waals surface area contributed by atoms with Crippen LogP contribution in [0.4, 0.5) is 10.1 Å². The van der Waals surface area contributed by atoms with Gasteiger partial charge in [0, 0.05) is 5.69 Å². The second-order valence-electron chi connectivity index (χ2n) is 4.51. The van der Waals surface area contributed by atoms with E-state index in [2.05, 4.69) is 0 Å². The third kappa shape index (κ3) is 3.25. The SMILES string of the molecule is Cc1cc(N)cc(S(=O)(=O)NC(CO)(CO)CO)c1F. The Kier molecular flexibility index (Phi) is 5.05. The molecule has 0 saturated heterocycles. The molecule has 1 aromatic carbocycles. The van der Waals surface area contributed by atoms with E-state index in [-0.39, 0.29) is 11.3 Å². The number of hydrogen-bond acceptors (Lipinski definition) is 6. The maximum Gasteiger partial charge on any atom is 0.244 e. The minimum atomic E-state index is -4.41. The van der Waals surface area contributed by atoms with Gasteiger partial charge in [0.1, 0.15) is 16.3 Å². The van der Waals surface area contributed by atoms with Crippen molar-refractivity contribution < 1.29 is 28.1 Å². The minimum absolute atomic E-state index is 0.0352. The van der Waals surface area contributed by atoms with E-state index in [1.165, 1.54) is 13.0 Å². The highest BCUT2D eigenvalue weighted by molar-refractivity contribution is 7.89. The number of aryl methyl sites for hydroxylation is 1. The number of anilines is 1. The summed E-state index contributed by atoms with van der Waals surface area (Å²) in [6.45, 7) is -1.23. The summed E-state index contributed by atoms with van der Waals surface area (Å²) in [5, 5.41) is 27.3. The number of halogens is 1. The molecule has 0 amide bonds. The van der Waals surface area contributed by atoms with Gasteiger partial charge in [0.05, 0.1) is 19.8 Å². The lowest BCUT2D eigenvalue weighted by Gasteiger charge is -2.28. The molecule has 0 saturated carbocycles. The number of nitrogens with two attached hydrogens (primary N) is 1. The van der Waals surface area contributed by atoms with Gasteiger partial charge in [-0.25, -0.2) is 12.8 Å². The molecule has 1 aromatic rings. The third-order valence-electron chi connectivity index (χ3n) is 2.79. The van der Waals surface area contributed by atoms with Gasteiger partial charge in [-0.2, -0.15) is 4.72 Å². The van der Waals surface area contributed by atoms with Gasteiger partial charge in [-0.15, -0.1) is 0 Å². The van der Waals surface area contributed by atoms with Crippen LogP contribution in [0.25, 0.3) is 0 Å². The van der Waals surface area contributed by atoms with E-state index < -0.39 is 46.1 Å². The number of benzene rings is 1. The normalized spacial score (nSPS) is 12.7. The third-order valence-corrected chi connectivity index (χ3v) is 4.37. The fourth-order valence-corrected chi connectivity index (χ4v) is 3.11. The fraction of sp³-hybridized carbons (Fsp3) is 0.455. The summed E-state index contributed by atoms with van der Waals surface area (Å²) in [4.78, 5) is -0.713. The molecular weight excluding hydrogens is 291 g/mol. The molecule has 20 heavy (non-hydrogen) atoms. The maximum absolute atomic E-state index is 13.9. The first-order chi connectivity index (χ1) is 9.21. The van der Waals surface area contributed by atoms with Crippen LogP contribution in [0.15, 0.2) is 17.0 Å². The molecule has 0 atom stereocenters. The molecule has 0 aromatic heterocycles. The number of aliphatic hydroxyl groups excluding tert-OH is 3. The number of nitrogen functional groups attached to an aromatic ring is 1. The standard InChI is InChI=1S/C11H17FN2O5S/c1-7-2-8(13)3-9(10(7)12)20(18,19)14-11(4-15,5-16)6-17/h2-3,14-17H,4-6,13H2,1H3. The van der Waals surface area contributed by atoms with E-state index in [0.29, 0.717) is 0 Å². The van der Waals surface area contributed by atoms with E-state index >= 15 is 0 Å². The first kappa shape index (κ1) is 16.8. The predicted molar refractivity (Wildman–Crippen MR) is 69.9 cm³/mol. The fourth-order valence-electron chi connectivity index (χ4n) is 1.55. The minimum Gasteiger partial charge on any atom is -0.399 e. The number of aliphatic hydroxyl groups is 3. The average molecular weight is 308 g/mol. The van der Waals surface area contributed by atoms with Crippen LogP contribution in [0.3, 0.4) is 0 Å². The number of sulfonamides is 1. The highest BCUT2D eigenvalue weighted by atomic mass is 32.2. The Morgan fingerprint density at radius 2 is 1.75 bits per heavy atom. The van der Waals surface area contributed by atoms with E-state index in [1.54, 1.807) is 0 Å². The molecule has 1 rings (SSSR count). The van der Waals surface area contributed by atoms with Crippen molar-refractivity contribution in [3.05, 3.63) is 23.5 Å². The summed E-state index contributed by atoms with van der Waals surface area (Å²) in [5.74, 6) is -0.991. The van der Waals surface area contributed by atoms with Gasteiger partial charge in [-0.05, 0) is 24.6 Å². The molecule has 7 nitrogen and oxygen atoms in total. The van der Waals surface area contributed by atoms with Crippen LogP contribution in [0.2, 0.25) is 0 Å². The van der Waals surface area contributed by atoms with Crippen LogP contribution in [0.1, 0.15) is 5.56 Å². The zero-order chi connectivity index (χ0) is 15.6. The second kappa shape index (κ2) is 6.02. The Bertz CT molecular complexity index is 578. The molecule has 9 heteroatoms. The molecule has 0 unspecified atom stereocenters. The number of nitrogens with one attached hydrogen (secondary N) is 1. The summed E-state index contributed by atoms with van der Waals surface area (Å²) in [7, 11) is -4.41. The lowest BCUT2D eigenvalue weighted by atomic mass is 10.1. The Labute approximate surface area is 115 Å². The summed E-state index contributed by atoms with van der Waals surface area (Å²) in [6, 6.07) is 2.19. The Morgan fingerprint density at radius 3 is 2.20 bits per heavy atom. The highest BCUT2D eigenvalue weighted by Crippen LogP contribution is 2.22. The van der Waals surface area contributed by atoms with E-state index in [0.717, 1.165) is 6.07 Å². The van der Waals surface area contributed by atoms with Crippen LogP contribution in [-0.2, 0) is 10.0 Å². The average Bonchev–Trinajstić information content (AvgIpc) is 2.40. The molecule has 0 fully saturated rings. The molecule has 0 bridgehead atoms. The molecule has 0 heterocycles. The van der Waals surface area contributed by atoms with Crippen LogP contribution < -0.4 is 10.5 Å². The van der Waals surface area contributed by atoms with E-state index in [1.807, 2.05) is 4.72 Å². The summed E-state index contributed by atoms with van der Waals surface area (Å²) < 4.78 is 40.0. The van der Waals surface area contributed by atoms with Gasteiger partial charge in [0.15, 0.2) is 0 Å². The van der Waals surface area contributed by atoms with Crippen LogP contribution in [-0.4, -0.2) is 49.1 Å². The molecule has 114 valence electrons. The molecule has 0 spiro atoms. The van der Waals surface area contributed by atoms with Gasteiger partial charge in [0.25, 0.3) is 0 Å². The Hall–Kier alpha value is -1.26. The van der Waals surface area contributed by atoms with Crippen LogP contribution in [0.5, 0.6) is 0 Å². The summed E-state index contributed by atoms with van der Waals surface area (Å²) in [5.41, 5.74) is 3.68. The van der Waals surface area contributed by atoms with Crippen molar-refractivity contribution in [3.8, 4) is 0 Å². The molecule has 0 aliphatic heterocycles. The first-order valence-corrected chi connectivity index (χ1v) is 7.12. The maximum atomic E-state index is 13.9. The molecule has 0 aliphatic rings. The lowest BCUT2D eigenvalue weighted by molar-refractivity contribution is 0.0581. The summed E-state index contributed by atoms with van der Waals surface area (Å²) >= 11 is 0. The molecule has 6 N–H and O–H groups in total. The monoisotopic (exact) mass is 308 g/mol. The zero-order valence-corrected chi connectivity index (χ0v) is 11.6. The number of rotatable bonds is 6. The molecule has 0 radical (unpaired) electrons. The lowest BCUT2D eigenvalue weighted by Crippen LogP contribution is -2.56. The van der Waals surface area contributed by atoms with Gasteiger partial charge < -0.3 is 21.1 Å². The smallest absolute Gasteiger partial charge is 0.244 e. The van der Waals surface area contributed by atoms with Crippen molar-refractivity contribution in [1.29, 1.82) is 0 Å². The topological polar surface area (TPSA) is 133 Å². The zero-order valence-electron chi connectivity index (χ0n) is 10.8.